The highest BCUT2D eigenvalue weighted by Crippen LogP contribution is 2.26. The molecule has 8 unspecified atom stereocenters. The fourth-order valence-electron chi connectivity index (χ4n) is 9.22. The Bertz CT molecular complexity index is 1760. The van der Waals surface area contributed by atoms with Crippen molar-refractivity contribution in [2.75, 3.05) is 13.2 Å². The van der Waals surface area contributed by atoms with Gasteiger partial charge in [-0.2, -0.15) is 0 Å². The molecule has 1 rings (SSSR count). The van der Waals surface area contributed by atoms with E-state index in [1.807, 2.05) is 48.6 Å². The lowest BCUT2D eigenvalue weighted by Crippen LogP contribution is -2.61. The first kappa shape index (κ1) is 74.1. The highest BCUT2D eigenvalue weighted by molar-refractivity contribution is 5.80. The Morgan fingerprint density at radius 3 is 1.50 bits per heavy atom. The van der Waals surface area contributed by atoms with E-state index in [9.17, 15) is 35.1 Å². The van der Waals surface area contributed by atoms with E-state index >= 15 is 0 Å². The van der Waals surface area contributed by atoms with Gasteiger partial charge in [0.2, 0.25) is 5.91 Å². The number of carbonyl (C=O) groups is 2. The van der Waals surface area contributed by atoms with Crippen LogP contribution >= 0.6 is 0 Å². The molecule has 0 aromatic carbocycles. The van der Waals surface area contributed by atoms with E-state index in [2.05, 4.69) is 92.9 Å². The van der Waals surface area contributed by atoms with Crippen molar-refractivity contribution in [3.8, 4) is 0 Å². The monoisotopic (exact) mass is 1120 g/mol. The molecule has 1 heterocycles. The van der Waals surface area contributed by atoms with Crippen LogP contribution in [0.3, 0.4) is 0 Å². The molecule has 0 aliphatic carbocycles. The topological polar surface area (TPSA) is 175 Å². The molecule has 1 aliphatic rings. The molecule has 1 fully saturated rings. The van der Waals surface area contributed by atoms with Crippen molar-refractivity contribution in [1.82, 2.24) is 5.32 Å². The zero-order chi connectivity index (χ0) is 58.2. The Hall–Kier alpha value is -3.94. The van der Waals surface area contributed by atoms with Crippen molar-refractivity contribution in [2.45, 2.75) is 288 Å². The molecule has 456 valence electrons. The molecular weight excluding hydrogens is 1000 g/mol. The first-order valence-electron chi connectivity index (χ1n) is 31.9. The zero-order valence-electron chi connectivity index (χ0n) is 50.4. The third-order valence-electron chi connectivity index (χ3n) is 14.2. The van der Waals surface area contributed by atoms with Crippen molar-refractivity contribution in [3.05, 3.63) is 122 Å². The summed E-state index contributed by atoms with van der Waals surface area (Å²) in [7, 11) is 0. The minimum Gasteiger partial charge on any atom is -0.454 e. The molecular formula is C69H115NO10. The number of unbranched alkanes of at least 4 members (excludes halogenated alkanes) is 23. The number of hydrogen-bond acceptors (Lipinski definition) is 10. The summed E-state index contributed by atoms with van der Waals surface area (Å²) < 4.78 is 17.6. The van der Waals surface area contributed by atoms with Gasteiger partial charge in [-0.05, 0) is 89.9 Å². The lowest BCUT2D eigenvalue weighted by molar-refractivity contribution is -0.305. The molecule has 0 bridgehead atoms. The van der Waals surface area contributed by atoms with Gasteiger partial charge in [0, 0.05) is 6.42 Å². The standard InChI is InChI=1S/C69H115NO10/c1-4-7-10-13-16-19-22-25-26-27-28-29-30-31-32-33-34-35-36-37-38-39-42-45-48-51-54-57-64(74)80-67-66(76)65(75)63(58-71)79-69(67)78-59-60(61(72)55-52-49-46-43-40-23-20-17-14-11-8-5-2)70-68(77)62(73)56-53-50-47-44-41-24-21-18-15-12-9-6-3/h7,9-10,12,15-16,18-19,21,24-26,28-29,31-32,41,44,52,55,60-63,65-67,69,71-73,75-76H,4-6,8,11,13-14,17,20,22-23,27,30,33-40,42-43,45-51,53-54,56-59H2,1-3H3,(H,70,77)/b10-7-,12-9+,18-15+,19-16-,24-21-,26-25-,29-28-,32-31-,44-41-,55-52+. The summed E-state index contributed by atoms with van der Waals surface area (Å²) in [5, 5.41) is 56.9. The van der Waals surface area contributed by atoms with Crippen molar-refractivity contribution in [2.24, 2.45) is 0 Å². The third-order valence-corrected chi connectivity index (χ3v) is 14.2. The Morgan fingerprint density at radius 2 is 0.963 bits per heavy atom. The number of nitrogens with one attached hydrogen (secondary N) is 1. The summed E-state index contributed by atoms with van der Waals surface area (Å²) in [4.78, 5) is 26.5. The second-order valence-corrected chi connectivity index (χ2v) is 21.5. The number of carbonyl (C=O) groups excluding carboxylic acids is 2. The SMILES string of the molecule is CC/C=C\C/C=C\C/C=C\C/C=C\C/C=C\CCCCCCCCCCCCCC(=O)OC1C(OCC(NC(=O)C(O)CCCC\C=C/C=C\C=C\C=C\CC)C(O)/C=C/CCCCCCCCCCCC)OC(CO)C(O)C1O. The summed E-state index contributed by atoms with van der Waals surface area (Å²) in [5.41, 5.74) is 0. The number of esters is 1. The van der Waals surface area contributed by atoms with Crippen LogP contribution in [-0.2, 0) is 23.8 Å². The molecule has 8 atom stereocenters. The van der Waals surface area contributed by atoms with E-state index in [1.54, 1.807) is 6.08 Å². The highest BCUT2D eigenvalue weighted by atomic mass is 16.7. The van der Waals surface area contributed by atoms with Gasteiger partial charge in [-0.25, -0.2) is 0 Å². The van der Waals surface area contributed by atoms with Crippen molar-refractivity contribution in [3.63, 3.8) is 0 Å². The zero-order valence-corrected chi connectivity index (χ0v) is 50.4. The summed E-state index contributed by atoms with van der Waals surface area (Å²) >= 11 is 0. The number of hydrogen-bond donors (Lipinski definition) is 6. The summed E-state index contributed by atoms with van der Waals surface area (Å²) in [6.07, 6.45) is 66.8. The van der Waals surface area contributed by atoms with Crippen molar-refractivity contribution < 1.29 is 49.3 Å². The van der Waals surface area contributed by atoms with E-state index in [4.69, 9.17) is 14.2 Å². The fraction of sp³-hybridized carbons (Fsp3) is 0.681. The Balaban J connectivity index is 2.59. The summed E-state index contributed by atoms with van der Waals surface area (Å²) in [6, 6.07) is -1.05. The third kappa shape index (κ3) is 42.8. The van der Waals surface area contributed by atoms with E-state index in [1.165, 1.54) is 83.5 Å². The minimum atomic E-state index is -1.63. The van der Waals surface area contributed by atoms with E-state index < -0.39 is 67.4 Å². The average molecular weight is 1120 g/mol. The quantitative estimate of drug-likeness (QED) is 0.0149. The van der Waals surface area contributed by atoms with Crippen LogP contribution in [-0.4, -0.2) is 99.6 Å². The number of aliphatic hydroxyl groups excluding tert-OH is 5. The molecule has 0 saturated carbocycles. The maximum Gasteiger partial charge on any atom is 0.306 e. The molecule has 0 radical (unpaired) electrons. The van der Waals surface area contributed by atoms with Gasteiger partial charge in [0.05, 0.1) is 25.4 Å². The van der Waals surface area contributed by atoms with Gasteiger partial charge in [-0.15, -0.1) is 0 Å². The molecule has 6 N–H and O–H groups in total. The largest absolute Gasteiger partial charge is 0.454 e. The smallest absolute Gasteiger partial charge is 0.306 e. The van der Waals surface area contributed by atoms with Crippen LogP contribution in [0.5, 0.6) is 0 Å². The lowest BCUT2D eigenvalue weighted by atomic mass is 9.99. The van der Waals surface area contributed by atoms with E-state index in [0.717, 1.165) is 109 Å². The van der Waals surface area contributed by atoms with Crippen LogP contribution in [0.1, 0.15) is 239 Å². The number of aliphatic hydroxyl groups is 5. The Kier molecular flexibility index (Phi) is 51.5. The molecule has 1 aliphatic heterocycles. The lowest BCUT2D eigenvalue weighted by Gasteiger charge is -2.41. The second-order valence-electron chi connectivity index (χ2n) is 21.5. The highest BCUT2D eigenvalue weighted by Gasteiger charge is 2.47. The minimum absolute atomic E-state index is 0.107. The Labute approximate surface area is 487 Å². The number of rotatable bonds is 52. The maximum atomic E-state index is 13.4. The molecule has 1 saturated heterocycles. The number of ether oxygens (including phenoxy) is 3. The number of allylic oxidation sites excluding steroid dienone is 19. The first-order chi connectivity index (χ1) is 39.2. The average Bonchev–Trinajstić information content (AvgIpc) is 3.46. The summed E-state index contributed by atoms with van der Waals surface area (Å²) in [6.45, 7) is 5.49. The van der Waals surface area contributed by atoms with E-state index in [-0.39, 0.29) is 19.4 Å². The molecule has 0 spiro atoms. The van der Waals surface area contributed by atoms with Crippen LogP contribution in [0.2, 0.25) is 0 Å². The van der Waals surface area contributed by atoms with Gasteiger partial charge in [0.1, 0.15) is 24.4 Å². The van der Waals surface area contributed by atoms with Crippen LogP contribution in [0.4, 0.5) is 0 Å². The van der Waals surface area contributed by atoms with Gasteiger partial charge >= 0.3 is 5.97 Å². The predicted molar refractivity (Wildman–Crippen MR) is 333 cm³/mol. The number of amides is 1. The molecule has 1 amide bonds. The van der Waals surface area contributed by atoms with Gasteiger partial charge in [-0.3, -0.25) is 9.59 Å². The molecule has 11 nitrogen and oxygen atoms in total. The van der Waals surface area contributed by atoms with E-state index in [0.29, 0.717) is 12.8 Å². The van der Waals surface area contributed by atoms with Crippen molar-refractivity contribution >= 4 is 11.9 Å². The summed E-state index contributed by atoms with van der Waals surface area (Å²) in [5.74, 6) is -1.25. The molecule has 80 heavy (non-hydrogen) atoms. The Morgan fingerprint density at radius 1 is 0.512 bits per heavy atom. The second kappa shape index (κ2) is 55.6. The van der Waals surface area contributed by atoms with Crippen LogP contribution in [0.25, 0.3) is 0 Å². The predicted octanol–water partition coefficient (Wildman–Crippen LogP) is 15.4. The van der Waals surface area contributed by atoms with Gasteiger partial charge < -0.3 is 45.1 Å². The van der Waals surface area contributed by atoms with Crippen LogP contribution in [0.15, 0.2) is 122 Å². The first-order valence-corrected chi connectivity index (χ1v) is 31.9. The van der Waals surface area contributed by atoms with Gasteiger partial charge in [0.25, 0.3) is 0 Å². The van der Waals surface area contributed by atoms with Gasteiger partial charge in [-0.1, -0.05) is 264 Å². The maximum absolute atomic E-state index is 13.4. The van der Waals surface area contributed by atoms with Crippen LogP contribution < -0.4 is 5.32 Å². The van der Waals surface area contributed by atoms with Gasteiger partial charge in [0.15, 0.2) is 12.4 Å². The van der Waals surface area contributed by atoms with Crippen molar-refractivity contribution in [1.29, 1.82) is 0 Å². The molecule has 0 aromatic heterocycles. The normalized spacial score (nSPS) is 19.6. The fourth-order valence-corrected chi connectivity index (χ4v) is 9.22. The molecule has 0 aromatic rings. The molecule has 11 heteroatoms. The van der Waals surface area contributed by atoms with Crippen LogP contribution in [0, 0.1) is 0 Å².